The number of anilines is 1. The Balaban J connectivity index is 0.000000604. The third-order valence-corrected chi connectivity index (χ3v) is 7.14. The highest BCUT2D eigenvalue weighted by Crippen LogP contribution is 2.48. The molecule has 3 rings (SSSR count). The van der Waals surface area contributed by atoms with Crippen molar-refractivity contribution in [2.45, 2.75) is 55.5 Å². The summed E-state index contributed by atoms with van der Waals surface area (Å²) in [5.74, 6) is -2.76. The predicted octanol–water partition coefficient (Wildman–Crippen LogP) is 4.21. The molecule has 0 radical (unpaired) electrons. The number of hydrogen-bond acceptors (Lipinski definition) is 5. The number of sulfonamides is 1. The molecule has 37 heavy (non-hydrogen) atoms. The van der Waals surface area contributed by atoms with Crippen molar-refractivity contribution < 1.29 is 41.0 Å². The molecule has 0 unspecified atom stereocenters. The fraction of sp³-hybridized carbons (Fsp3) is 0.440. The molecule has 0 saturated heterocycles. The molecule has 1 fully saturated rings. The van der Waals surface area contributed by atoms with E-state index in [-0.39, 0.29) is 16.2 Å². The highest BCUT2D eigenvalue weighted by atomic mass is 32.2. The topological polar surface area (TPSA) is 122 Å². The van der Waals surface area contributed by atoms with Crippen molar-refractivity contribution in [3.63, 3.8) is 0 Å². The van der Waals surface area contributed by atoms with Crippen molar-refractivity contribution >= 4 is 27.6 Å². The van der Waals surface area contributed by atoms with Crippen molar-refractivity contribution in [1.82, 2.24) is 5.32 Å². The minimum Gasteiger partial charge on any atom is -0.475 e. The number of benzene rings is 2. The van der Waals surface area contributed by atoms with Gasteiger partial charge in [0.05, 0.1) is 16.9 Å². The monoisotopic (exact) mass is 544 g/mol. The first-order valence-electron chi connectivity index (χ1n) is 11.3. The normalized spacial score (nSPS) is 14.7. The molecule has 0 atom stereocenters. The molecule has 1 amide bonds. The smallest absolute Gasteiger partial charge is 0.475 e. The molecule has 1 aliphatic rings. The zero-order valence-electron chi connectivity index (χ0n) is 21.0. The predicted molar refractivity (Wildman–Crippen MR) is 132 cm³/mol. The van der Waals surface area contributed by atoms with E-state index in [1.165, 1.54) is 0 Å². The van der Waals surface area contributed by atoms with Crippen molar-refractivity contribution in [1.29, 1.82) is 0 Å². The number of amides is 1. The lowest BCUT2D eigenvalue weighted by Gasteiger charge is -2.19. The van der Waals surface area contributed by atoms with E-state index in [2.05, 4.69) is 30.8 Å². The Labute approximate surface area is 214 Å². The number of methoxy groups -OCH3 is 1. The molecule has 0 aliphatic heterocycles. The minimum atomic E-state index is -5.08. The lowest BCUT2D eigenvalue weighted by molar-refractivity contribution is -0.192. The summed E-state index contributed by atoms with van der Waals surface area (Å²) in [5, 5.41) is 10.0. The SMILES string of the molecule is COCCNC(=O)C1(c2ccc(NS(=O)(=O)c3ccc(C(C)(C)C)cc3)cc2)CC1.O=C(O)C(F)(F)F. The van der Waals surface area contributed by atoms with Gasteiger partial charge in [0.2, 0.25) is 5.91 Å². The van der Waals surface area contributed by atoms with Crippen LogP contribution in [-0.4, -0.2) is 51.8 Å². The Bertz CT molecular complexity index is 1180. The molecule has 0 aromatic heterocycles. The minimum absolute atomic E-state index is 0.00758. The second-order valence-electron chi connectivity index (χ2n) is 9.59. The summed E-state index contributed by atoms with van der Waals surface area (Å²) in [7, 11) is -2.09. The van der Waals surface area contributed by atoms with Gasteiger partial charge in [0.1, 0.15) is 0 Å². The number of halogens is 3. The van der Waals surface area contributed by atoms with Crippen LogP contribution in [0.4, 0.5) is 18.9 Å². The number of alkyl halides is 3. The number of carboxylic acids is 1. The molecule has 3 N–H and O–H groups in total. The van der Waals surface area contributed by atoms with E-state index >= 15 is 0 Å². The van der Waals surface area contributed by atoms with Crippen LogP contribution >= 0.6 is 0 Å². The van der Waals surface area contributed by atoms with Gasteiger partial charge in [0, 0.05) is 19.3 Å². The summed E-state index contributed by atoms with van der Waals surface area (Å²) in [6.07, 6.45) is -3.51. The molecule has 1 aliphatic carbocycles. The maximum absolute atomic E-state index is 12.7. The average Bonchev–Trinajstić information content (AvgIpc) is 3.61. The number of carbonyl (C=O) groups excluding carboxylic acids is 1. The Kier molecular flexibility index (Phi) is 9.37. The number of carbonyl (C=O) groups is 2. The summed E-state index contributed by atoms with van der Waals surface area (Å²) in [6, 6.07) is 14.0. The summed E-state index contributed by atoms with van der Waals surface area (Å²) in [6.45, 7) is 7.20. The van der Waals surface area contributed by atoms with E-state index in [4.69, 9.17) is 14.6 Å². The second kappa shape index (κ2) is 11.5. The van der Waals surface area contributed by atoms with Crippen LogP contribution in [-0.2, 0) is 35.2 Å². The Morgan fingerprint density at radius 2 is 1.51 bits per heavy atom. The quantitative estimate of drug-likeness (QED) is 0.428. The molecular formula is C25H31F3N2O6S. The lowest BCUT2D eigenvalue weighted by atomic mass is 9.87. The van der Waals surface area contributed by atoms with Gasteiger partial charge >= 0.3 is 12.1 Å². The van der Waals surface area contributed by atoms with Gasteiger partial charge in [-0.2, -0.15) is 13.2 Å². The number of nitrogens with one attached hydrogen (secondary N) is 2. The van der Waals surface area contributed by atoms with E-state index in [1.54, 1.807) is 31.4 Å². The molecule has 12 heteroatoms. The number of carboxylic acid groups (broad SMARTS) is 1. The van der Waals surface area contributed by atoms with Crippen molar-refractivity contribution in [3.8, 4) is 0 Å². The molecule has 8 nitrogen and oxygen atoms in total. The summed E-state index contributed by atoms with van der Waals surface area (Å²) < 4.78 is 64.8. The van der Waals surface area contributed by atoms with Crippen molar-refractivity contribution in [2.75, 3.05) is 25.0 Å². The van der Waals surface area contributed by atoms with E-state index in [0.29, 0.717) is 18.8 Å². The number of aliphatic carboxylic acids is 1. The van der Waals surface area contributed by atoms with Crippen LogP contribution in [0.25, 0.3) is 0 Å². The van der Waals surface area contributed by atoms with Gasteiger partial charge < -0.3 is 15.2 Å². The Morgan fingerprint density at radius 1 is 1.00 bits per heavy atom. The first-order chi connectivity index (χ1) is 17.0. The van der Waals surface area contributed by atoms with E-state index in [0.717, 1.165) is 24.0 Å². The third-order valence-electron chi connectivity index (χ3n) is 5.74. The zero-order chi connectivity index (χ0) is 28.1. The maximum Gasteiger partial charge on any atom is 0.490 e. The third kappa shape index (κ3) is 8.19. The number of rotatable bonds is 8. The first kappa shape index (κ1) is 30.1. The van der Waals surface area contributed by atoms with Crippen LogP contribution in [0, 0.1) is 0 Å². The summed E-state index contributed by atoms with van der Waals surface area (Å²) in [5.41, 5.74) is 1.89. The molecular weight excluding hydrogens is 513 g/mol. The highest BCUT2D eigenvalue weighted by molar-refractivity contribution is 7.92. The fourth-order valence-electron chi connectivity index (χ4n) is 3.41. The molecule has 0 bridgehead atoms. The molecule has 0 spiro atoms. The summed E-state index contributed by atoms with van der Waals surface area (Å²) in [4.78, 5) is 21.6. The zero-order valence-corrected chi connectivity index (χ0v) is 21.8. The van der Waals surface area contributed by atoms with Crippen LogP contribution < -0.4 is 10.0 Å². The maximum atomic E-state index is 12.7. The van der Waals surface area contributed by atoms with Crippen LogP contribution in [0.5, 0.6) is 0 Å². The van der Waals surface area contributed by atoms with Crippen LogP contribution in [0.3, 0.4) is 0 Å². The van der Waals surface area contributed by atoms with Gasteiger partial charge in [-0.1, -0.05) is 45.0 Å². The lowest BCUT2D eigenvalue weighted by Crippen LogP contribution is -2.36. The fourth-order valence-corrected chi connectivity index (χ4v) is 4.47. The highest BCUT2D eigenvalue weighted by Gasteiger charge is 2.51. The summed E-state index contributed by atoms with van der Waals surface area (Å²) >= 11 is 0. The Morgan fingerprint density at radius 3 is 1.92 bits per heavy atom. The van der Waals surface area contributed by atoms with E-state index < -0.39 is 27.6 Å². The largest absolute Gasteiger partial charge is 0.490 e. The van der Waals surface area contributed by atoms with E-state index in [9.17, 15) is 26.4 Å². The molecule has 0 heterocycles. The number of ether oxygens (including phenoxy) is 1. The van der Waals surface area contributed by atoms with E-state index in [1.807, 2.05) is 24.3 Å². The average molecular weight is 545 g/mol. The van der Waals surface area contributed by atoms with Gasteiger partial charge in [-0.15, -0.1) is 0 Å². The van der Waals surface area contributed by atoms with Crippen LogP contribution in [0.1, 0.15) is 44.7 Å². The van der Waals surface area contributed by atoms with Crippen LogP contribution in [0.2, 0.25) is 0 Å². The van der Waals surface area contributed by atoms with Crippen LogP contribution in [0.15, 0.2) is 53.4 Å². The molecule has 2 aromatic carbocycles. The molecule has 2 aromatic rings. The van der Waals surface area contributed by atoms with Gasteiger partial charge in [-0.3, -0.25) is 9.52 Å². The number of hydrogen-bond donors (Lipinski definition) is 3. The van der Waals surface area contributed by atoms with Gasteiger partial charge in [0.25, 0.3) is 10.0 Å². The van der Waals surface area contributed by atoms with Gasteiger partial charge in [0.15, 0.2) is 0 Å². The second-order valence-corrected chi connectivity index (χ2v) is 11.3. The molecule has 204 valence electrons. The molecule has 1 saturated carbocycles. The van der Waals surface area contributed by atoms with Crippen molar-refractivity contribution in [3.05, 3.63) is 59.7 Å². The standard InChI is InChI=1S/C23H30N2O4S.C2HF3O2/c1-22(2,3)17-7-11-20(12-8-17)30(27,28)25-19-9-5-18(6-10-19)23(13-14-23)21(26)24-15-16-29-4;3-2(4,5)1(6)7/h5-12,25H,13-16H2,1-4H3,(H,24,26);(H,6,7). The van der Waals surface area contributed by atoms with Gasteiger partial charge in [-0.25, -0.2) is 13.2 Å². The van der Waals surface area contributed by atoms with Gasteiger partial charge in [-0.05, 0) is 53.6 Å². The Hall–Kier alpha value is -3.12. The van der Waals surface area contributed by atoms with Crippen molar-refractivity contribution in [2.24, 2.45) is 0 Å². The first-order valence-corrected chi connectivity index (χ1v) is 12.8.